The number of halogens is 1. The summed E-state index contributed by atoms with van der Waals surface area (Å²) >= 11 is 0. The van der Waals surface area contributed by atoms with Gasteiger partial charge in [0.05, 0.1) is 0 Å². The van der Waals surface area contributed by atoms with E-state index in [9.17, 15) is 4.39 Å². The standard InChI is InChI=1S/C15H25FN2/c1-7-15(4,5)18(6)14-8-10(2)13(16)9-12(14)11(3)17/h8-9,11H,7,17H2,1-6H3/t11-/m0/s1. The number of nitrogens with two attached hydrogens (primary N) is 1. The van der Waals surface area contributed by atoms with Crippen molar-refractivity contribution < 1.29 is 4.39 Å². The van der Waals surface area contributed by atoms with Crippen molar-refractivity contribution in [1.29, 1.82) is 0 Å². The minimum absolute atomic E-state index is 0.0217. The molecular weight excluding hydrogens is 227 g/mol. The first-order valence-corrected chi connectivity index (χ1v) is 6.50. The Hall–Kier alpha value is -1.09. The number of nitrogens with zero attached hydrogens (tertiary/aromatic N) is 1. The fourth-order valence-electron chi connectivity index (χ4n) is 1.90. The van der Waals surface area contributed by atoms with Crippen LogP contribution in [0.2, 0.25) is 0 Å². The number of hydrogen-bond acceptors (Lipinski definition) is 2. The average molecular weight is 252 g/mol. The molecule has 0 saturated carbocycles. The van der Waals surface area contributed by atoms with Gasteiger partial charge in [0.1, 0.15) is 5.82 Å². The van der Waals surface area contributed by atoms with Crippen molar-refractivity contribution in [3.05, 3.63) is 29.1 Å². The van der Waals surface area contributed by atoms with Crippen LogP contribution in [0.15, 0.2) is 12.1 Å². The summed E-state index contributed by atoms with van der Waals surface area (Å²) in [6.45, 7) is 10.2. The van der Waals surface area contributed by atoms with Crippen molar-refractivity contribution in [1.82, 2.24) is 0 Å². The largest absolute Gasteiger partial charge is 0.369 e. The fraction of sp³-hybridized carbons (Fsp3) is 0.600. The van der Waals surface area contributed by atoms with Crippen LogP contribution in [-0.4, -0.2) is 12.6 Å². The van der Waals surface area contributed by atoms with E-state index < -0.39 is 0 Å². The molecule has 0 fully saturated rings. The highest BCUT2D eigenvalue weighted by molar-refractivity contribution is 5.58. The minimum atomic E-state index is -0.186. The maximum absolute atomic E-state index is 13.7. The van der Waals surface area contributed by atoms with E-state index in [-0.39, 0.29) is 17.4 Å². The second-order valence-corrected chi connectivity index (χ2v) is 5.67. The topological polar surface area (TPSA) is 29.3 Å². The molecule has 3 heteroatoms. The van der Waals surface area contributed by atoms with Crippen LogP contribution in [-0.2, 0) is 0 Å². The molecule has 1 atom stereocenters. The minimum Gasteiger partial charge on any atom is -0.369 e. The van der Waals surface area contributed by atoms with Gasteiger partial charge in [-0.15, -0.1) is 0 Å². The number of aryl methyl sites for hydroxylation is 1. The van der Waals surface area contributed by atoms with Crippen molar-refractivity contribution >= 4 is 5.69 Å². The van der Waals surface area contributed by atoms with Crippen molar-refractivity contribution in [3.63, 3.8) is 0 Å². The van der Waals surface area contributed by atoms with E-state index in [0.29, 0.717) is 5.56 Å². The average Bonchev–Trinajstić information content (AvgIpc) is 2.30. The number of rotatable bonds is 4. The van der Waals surface area contributed by atoms with E-state index in [0.717, 1.165) is 17.7 Å². The Balaban J connectivity index is 3.34. The van der Waals surface area contributed by atoms with E-state index in [1.165, 1.54) is 0 Å². The first-order valence-electron chi connectivity index (χ1n) is 6.50. The van der Waals surface area contributed by atoms with Gasteiger partial charge in [-0.05, 0) is 57.4 Å². The van der Waals surface area contributed by atoms with Crippen molar-refractivity contribution in [2.75, 3.05) is 11.9 Å². The third-order valence-corrected chi connectivity index (χ3v) is 3.93. The molecule has 2 N–H and O–H groups in total. The van der Waals surface area contributed by atoms with Gasteiger partial charge in [-0.25, -0.2) is 4.39 Å². The molecule has 0 heterocycles. The van der Waals surface area contributed by atoms with Gasteiger partial charge >= 0.3 is 0 Å². The Morgan fingerprint density at radius 2 is 1.94 bits per heavy atom. The van der Waals surface area contributed by atoms with Crippen molar-refractivity contribution in [2.45, 2.75) is 52.6 Å². The summed E-state index contributed by atoms with van der Waals surface area (Å²) in [7, 11) is 2.04. The molecule has 0 aliphatic carbocycles. The lowest BCUT2D eigenvalue weighted by atomic mass is 9.95. The highest BCUT2D eigenvalue weighted by atomic mass is 19.1. The molecular formula is C15H25FN2. The second-order valence-electron chi connectivity index (χ2n) is 5.67. The van der Waals surface area contributed by atoms with Crippen LogP contribution in [0.4, 0.5) is 10.1 Å². The third-order valence-electron chi connectivity index (χ3n) is 3.93. The molecule has 1 aromatic carbocycles. The maximum atomic E-state index is 13.7. The summed E-state index contributed by atoms with van der Waals surface area (Å²) in [6.07, 6.45) is 1.01. The molecule has 0 amide bonds. The molecule has 0 spiro atoms. The van der Waals surface area contributed by atoms with Gasteiger partial charge in [0, 0.05) is 24.3 Å². The molecule has 2 nitrogen and oxygen atoms in total. The molecule has 0 unspecified atom stereocenters. The predicted molar refractivity (Wildman–Crippen MR) is 76.5 cm³/mol. The molecule has 18 heavy (non-hydrogen) atoms. The van der Waals surface area contributed by atoms with Crippen LogP contribution in [0, 0.1) is 12.7 Å². The smallest absolute Gasteiger partial charge is 0.126 e. The number of anilines is 1. The lowest BCUT2D eigenvalue weighted by molar-refractivity contribution is 0.468. The SMILES string of the molecule is CCC(C)(C)N(C)c1cc(C)c(F)cc1[C@H](C)N. The van der Waals surface area contributed by atoms with Gasteiger partial charge in [0.2, 0.25) is 0 Å². The molecule has 102 valence electrons. The number of benzene rings is 1. The highest BCUT2D eigenvalue weighted by Crippen LogP contribution is 2.32. The first-order chi connectivity index (χ1) is 8.20. The molecule has 0 aromatic heterocycles. The summed E-state index contributed by atoms with van der Waals surface area (Å²) < 4.78 is 13.7. The van der Waals surface area contributed by atoms with Crippen LogP contribution in [0.1, 0.15) is 51.3 Å². The van der Waals surface area contributed by atoms with Gasteiger partial charge in [0.15, 0.2) is 0 Å². The Kier molecular flexibility index (Phi) is 4.38. The molecule has 1 aromatic rings. The van der Waals surface area contributed by atoms with Crippen LogP contribution in [0.5, 0.6) is 0 Å². The quantitative estimate of drug-likeness (QED) is 0.883. The van der Waals surface area contributed by atoms with Gasteiger partial charge in [-0.3, -0.25) is 0 Å². The zero-order valence-electron chi connectivity index (χ0n) is 12.3. The lowest BCUT2D eigenvalue weighted by Gasteiger charge is -2.38. The van der Waals surface area contributed by atoms with Crippen LogP contribution >= 0.6 is 0 Å². The van der Waals surface area contributed by atoms with E-state index in [4.69, 9.17) is 5.73 Å². The Bertz CT molecular complexity index is 425. The Morgan fingerprint density at radius 1 is 1.39 bits per heavy atom. The summed E-state index contributed by atoms with van der Waals surface area (Å²) in [5, 5.41) is 0. The fourth-order valence-corrected chi connectivity index (χ4v) is 1.90. The van der Waals surface area contributed by atoms with E-state index in [1.807, 2.05) is 20.0 Å². The van der Waals surface area contributed by atoms with E-state index >= 15 is 0 Å². The Morgan fingerprint density at radius 3 is 2.39 bits per heavy atom. The van der Waals surface area contributed by atoms with Crippen LogP contribution < -0.4 is 10.6 Å². The van der Waals surface area contributed by atoms with E-state index in [2.05, 4.69) is 25.7 Å². The normalized spacial score (nSPS) is 13.6. The highest BCUT2D eigenvalue weighted by Gasteiger charge is 2.24. The maximum Gasteiger partial charge on any atom is 0.126 e. The van der Waals surface area contributed by atoms with Gasteiger partial charge < -0.3 is 10.6 Å². The zero-order valence-corrected chi connectivity index (χ0v) is 12.3. The Labute approximate surface area is 110 Å². The lowest BCUT2D eigenvalue weighted by Crippen LogP contribution is -2.41. The van der Waals surface area contributed by atoms with E-state index in [1.54, 1.807) is 13.0 Å². The van der Waals surface area contributed by atoms with Gasteiger partial charge in [-0.1, -0.05) is 6.92 Å². The third kappa shape index (κ3) is 2.83. The second kappa shape index (κ2) is 5.27. The van der Waals surface area contributed by atoms with Crippen molar-refractivity contribution in [3.8, 4) is 0 Å². The van der Waals surface area contributed by atoms with Crippen LogP contribution in [0.3, 0.4) is 0 Å². The molecule has 0 bridgehead atoms. The molecule has 0 aliphatic rings. The molecule has 0 saturated heterocycles. The summed E-state index contributed by atoms with van der Waals surface area (Å²) in [6, 6.07) is 3.29. The van der Waals surface area contributed by atoms with Gasteiger partial charge in [0.25, 0.3) is 0 Å². The zero-order chi connectivity index (χ0) is 14.1. The monoisotopic (exact) mass is 252 g/mol. The predicted octanol–water partition coefficient (Wildman–Crippen LogP) is 3.78. The van der Waals surface area contributed by atoms with Crippen LogP contribution in [0.25, 0.3) is 0 Å². The summed E-state index contributed by atoms with van der Waals surface area (Å²) in [5.74, 6) is -0.186. The molecule has 0 aliphatic heterocycles. The van der Waals surface area contributed by atoms with Crippen molar-refractivity contribution in [2.24, 2.45) is 5.73 Å². The number of hydrogen-bond donors (Lipinski definition) is 1. The summed E-state index contributed by atoms with van der Waals surface area (Å²) in [4.78, 5) is 2.19. The molecule has 0 radical (unpaired) electrons. The first kappa shape index (κ1) is 15.0. The summed E-state index contributed by atoms with van der Waals surface area (Å²) in [5.41, 5.74) is 8.53. The molecule has 1 rings (SSSR count). The van der Waals surface area contributed by atoms with Gasteiger partial charge in [-0.2, -0.15) is 0 Å².